The van der Waals surface area contributed by atoms with Gasteiger partial charge in [0, 0.05) is 30.2 Å². The van der Waals surface area contributed by atoms with Crippen molar-refractivity contribution in [2.24, 2.45) is 11.8 Å². The van der Waals surface area contributed by atoms with Crippen molar-refractivity contribution in [2.75, 3.05) is 35.2 Å². The molecule has 0 heterocycles. The van der Waals surface area contributed by atoms with Gasteiger partial charge in [0.2, 0.25) is 0 Å². The molecule has 1 aliphatic carbocycles. The van der Waals surface area contributed by atoms with Gasteiger partial charge in [0.1, 0.15) is 11.5 Å². The van der Waals surface area contributed by atoms with Crippen LogP contribution >= 0.6 is 0 Å². The standard InChI is InChI=1S/C24H30O6/c1-15-10-19(21-12-18(27-3)13-22(28-4)24(21)29-5)20(11-15)23(25)16-6-8-17(9-7-16)30-14-26-2/h6-9,12-13,15,19-20H,10-11,14H2,1-5H3. The Kier molecular flexibility index (Phi) is 7.21. The lowest BCUT2D eigenvalue weighted by Crippen LogP contribution is -2.19. The lowest BCUT2D eigenvalue weighted by molar-refractivity contribution is 0.0511. The monoisotopic (exact) mass is 414 g/mol. The second-order valence-electron chi connectivity index (χ2n) is 7.68. The number of carbonyl (C=O) groups is 1. The largest absolute Gasteiger partial charge is 0.497 e. The maximum atomic E-state index is 13.4. The van der Waals surface area contributed by atoms with Gasteiger partial charge in [0.25, 0.3) is 0 Å². The van der Waals surface area contributed by atoms with Gasteiger partial charge in [-0.25, -0.2) is 0 Å². The van der Waals surface area contributed by atoms with E-state index >= 15 is 0 Å². The Morgan fingerprint density at radius 1 is 0.933 bits per heavy atom. The molecule has 0 bridgehead atoms. The minimum Gasteiger partial charge on any atom is -0.497 e. The van der Waals surface area contributed by atoms with Crippen LogP contribution in [0.15, 0.2) is 36.4 Å². The zero-order valence-corrected chi connectivity index (χ0v) is 18.3. The number of carbonyl (C=O) groups excluding carboxylic acids is 1. The third-order valence-corrected chi connectivity index (χ3v) is 5.73. The average Bonchev–Trinajstić information content (AvgIpc) is 3.17. The Morgan fingerprint density at radius 2 is 1.67 bits per heavy atom. The fourth-order valence-corrected chi connectivity index (χ4v) is 4.34. The summed E-state index contributed by atoms with van der Waals surface area (Å²) < 4.78 is 27.0. The molecule has 0 spiro atoms. The summed E-state index contributed by atoms with van der Waals surface area (Å²) in [6, 6.07) is 11.0. The average molecular weight is 414 g/mol. The van der Waals surface area contributed by atoms with E-state index in [2.05, 4.69) is 6.92 Å². The second-order valence-corrected chi connectivity index (χ2v) is 7.68. The van der Waals surface area contributed by atoms with Gasteiger partial charge in [0.15, 0.2) is 24.1 Å². The van der Waals surface area contributed by atoms with Crippen molar-refractivity contribution in [2.45, 2.75) is 25.7 Å². The van der Waals surface area contributed by atoms with Crippen molar-refractivity contribution >= 4 is 5.78 Å². The molecule has 0 N–H and O–H groups in total. The fourth-order valence-electron chi connectivity index (χ4n) is 4.34. The maximum Gasteiger partial charge on any atom is 0.188 e. The van der Waals surface area contributed by atoms with Crippen LogP contribution in [-0.4, -0.2) is 41.0 Å². The first-order chi connectivity index (χ1) is 14.5. The normalized spacial score (nSPS) is 20.6. The molecule has 162 valence electrons. The number of hydrogen-bond acceptors (Lipinski definition) is 6. The Labute approximate surface area is 178 Å². The smallest absolute Gasteiger partial charge is 0.188 e. The van der Waals surface area contributed by atoms with E-state index in [0.29, 0.717) is 34.5 Å². The molecule has 3 atom stereocenters. The molecular formula is C24H30O6. The van der Waals surface area contributed by atoms with Crippen LogP contribution in [0.1, 0.15) is 41.6 Å². The van der Waals surface area contributed by atoms with Crippen molar-refractivity contribution in [1.29, 1.82) is 0 Å². The minimum absolute atomic E-state index is 0.0240. The van der Waals surface area contributed by atoms with E-state index in [4.69, 9.17) is 23.7 Å². The number of rotatable bonds is 9. The zero-order chi connectivity index (χ0) is 21.7. The van der Waals surface area contributed by atoms with E-state index in [1.54, 1.807) is 46.6 Å². The quantitative estimate of drug-likeness (QED) is 0.437. The SMILES string of the molecule is COCOc1ccc(C(=O)C2CC(C)CC2c2cc(OC)cc(OC)c2OC)cc1. The first-order valence-corrected chi connectivity index (χ1v) is 10.1. The summed E-state index contributed by atoms with van der Waals surface area (Å²) in [6.45, 7) is 2.36. The molecule has 1 fully saturated rings. The molecule has 0 saturated heterocycles. The highest BCUT2D eigenvalue weighted by Crippen LogP contribution is 2.50. The Morgan fingerprint density at radius 3 is 2.27 bits per heavy atom. The summed E-state index contributed by atoms with van der Waals surface area (Å²) in [4.78, 5) is 13.4. The highest BCUT2D eigenvalue weighted by Gasteiger charge is 2.40. The van der Waals surface area contributed by atoms with Gasteiger partial charge in [-0.15, -0.1) is 0 Å². The van der Waals surface area contributed by atoms with Gasteiger partial charge >= 0.3 is 0 Å². The van der Waals surface area contributed by atoms with Crippen molar-refractivity contribution in [3.8, 4) is 23.0 Å². The van der Waals surface area contributed by atoms with Crippen molar-refractivity contribution in [3.63, 3.8) is 0 Å². The van der Waals surface area contributed by atoms with Crippen LogP contribution in [-0.2, 0) is 4.74 Å². The van der Waals surface area contributed by atoms with Gasteiger partial charge in [-0.05, 0) is 55.0 Å². The Bertz CT molecular complexity index is 861. The first-order valence-electron chi connectivity index (χ1n) is 10.1. The second kappa shape index (κ2) is 9.85. The van der Waals surface area contributed by atoms with E-state index in [1.165, 1.54) is 0 Å². The van der Waals surface area contributed by atoms with Crippen LogP contribution in [0.5, 0.6) is 23.0 Å². The van der Waals surface area contributed by atoms with Crippen molar-refractivity contribution < 1.29 is 28.5 Å². The Balaban J connectivity index is 1.93. The van der Waals surface area contributed by atoms with Crippen LogP contribution in [0.3, 0.4) is 0 Å². The van der Waals surface area contributed by atoms with Crippen LogP contribution in [0.4, 0.5) is 0 Å². The highest BCUT2D eigenvalue weighted by molar-refractivity contribution is 5.98. The van der Waals surface area contributed by atoms with E-state index in [-0.39, 0.29) is 24.4 Å². The molecule has 1 saturated carbocycles. The molecule has 2 aromatic rings. The van der Waals surface area contributed by atoms with Crippen LogP contribution in [0.25, 0.3) is 0 Å². The number of ether oxygens (including phenoxy) is 5. The van der Waals surface area contributed by atoms with Gasteiger partial charge in [0.05, 0.1) is 21.3 Å². The van der Waals surface area contributed by atoms with Crippen LogP contribution in [0, 0.1) is 11.8 Å². The molecule has 6 heteroatoms. The van der Waals surface area contributed by atoms with Gasteiger partial charge in [-0.3, -0.25) is 4.79 Å². The van der Waals surface area contributed by atoms with Crippen LogP contribution < -0.4 is 18.9 Å². The molecule has 0 amide bonds. The number of hydrogen-bond donors (Lipinski definition) is 0. The maximum absolute atomic E-state index is 13.4. The van der Waals surface area contributed by atoms with E-state index in [0.717, 1.165) is 18.4 Å². The van der Waals surface area contributed by atoms with Crippen LogP contribution in [0.2, 0.25) is 0 Å². The summed E-state index contributed by atoms with van der Waals surface area (Å²) in [5, 5.41) is 0. The topological polar surface area (TPSA) is 63.2 Å². The van der Waals surface area contributed by atoms with E-state index in [1.807, 2.05) is 18.2 Å². The van der Waals surface area contributed by atoms with Crippen molar-refractivity contribution in [1.82, 2.24) is 0 Å². The summed E-state index contributed by atoms with van der Waals surface area (Å²) in [7, 11) is 6.43. The molecule has 6 nitrogen and oxygen atoms in total. The van der Waals surface area contributed by atoms with Gasteiger partial charge in [-0.2, -0.15) is 0 Å². The molecular weight excluding hydrogens is 384 g/mol. The summed E-state index contributed by atoms with van der Waals surface area (Å²) in [5.41, 5.74) is 1.63. The third-order valence-electron chi connectivity index (χ3n) is 5.73. The number of methoxy groups -OCH3 is 4. The molecule has 3 unspecified atom stereocenters. The van der Waals surface area contributed by atoms with Gasteiger partial charge < -0.3 is 23.7 Å². The van der Waals surface area contributed by atoms with E-state index < -0.39 is 0 Å². The molecule has 0 aliphatic heterocycles. The first kappa shape index (κ1) is 22.0. The fraction of sp³-hybridized carbons (Fsp3) is 0.458. The highest BCUT2D eigenvalue weighted by atomic mass is 16.7. The Hall–Kier alpha value is -2.73. The minimum atomic E-state index is -0.142. The molecule has 2 aromatic carbocycles. The predicted molar refractivity (Wildman–Crippen MR) is 114 cm³/mol. The van der Waals surface area contributed by atoms with E-state index in [9.17, 15) is 4.79 Å². The number of ketones is 1. The lowest BCUT2D eigenvalue weighted by atomic mass is 9.83. The summed E-state index contributed by atoms with van der Waals surface area (Å²) in [5.74, 6) is 3.07. The number of Topliss-reactive ketones (excluding diaryl/α,β-unsaturated/α-hetero) is 1. The molecule has 30 heavy (non-hydrogen) atoms. The van der Waals surface area contributed by atoms with Crippen molar-refractivity contribution in [3.05, 3.63) is 47.5 Å². The molecule has 3 rings (SSSR count). The lowest BCUT2D eigenvalue weighted by Gasteiger charge is -2.23. The molecule has 0 radical (unpaired) electrons. The third kappa shape index (κ3) is 4.54. The number of benzene rings is 2. The summed E-state index contributed by atoms with van der Waals surface area (Å²) >= 11 is 0. The molecule has 1 aliphatic rings. The predicted octanol–water partition coefficient (Wildman–Crippen LogP) is 4.71. The summed E-state index contributed by atoms with van der Waals surface area (Å²) in [6.07, 6.45) is 1.73. The van der Waals surface area contributed by atoms with Gasteiger partial charge in [-0.1, -0.05) is 6.92 Å². The molecule has 0 aromatic heterocycles. The zero-order valence-electron chi connectivity index (χ0n) is 18.3.